The Labute approximate surface area is 192 Å². The molecule has 1 heterocycles. The van der Waals surface area contributed by atoms with E-state index < -0.39 is 37.3 Å². The molecule has 0 unspecified atom stereocenters. The quantitative estimate of drug-likeness (QED) is 0.425. The summed E-state index contributed by atoms with van der Waals surface area (Å²) in [5.41, 5.74) is 5.29. The van der Waals surface area contributed by atoms with Crippen LogP contribution in [0.25, 0.3) is 0 Å². The minimum atomic E-state index is -1.43. The minimum absolute atomic E-state index is 0.157. The summed E-state index contributed by atoms with van der Waals surface area (Å²) in [6.45, 7) is 10.6. The van der Waals surface area contributed by atoms with Crippen molar-refractivity contribution in [3.8, 4) is 0 Å². The standard InChI is InChI=1S/C26H40O6/c1-17(11-12-20-19(3)10-7-14-26(20,4)5)8-6-9-18(2)13-15-31-25-24(30)23(29)22(28)21(16-27)32-25/h6,8-9,11-13,21-25,27-30H,7,10,14-16H2,1-5H3/b9-6?,12-11?,17-8?,18-13+/t21-,22-,23+,24-,25-/m1/s1. The summed E-state index contributed by atoms with van der Waals surface area (Å²) in [5.74, 6) is 0. The molecule has 0 spiro atoms. The highest BCUT2D eigenvalue weighted by atomic mass is 16.7. The lowest BCUT2D eigenvalue weighted by atomic mass is 9.72. The van der Waals surface area contributed by atoms with Crippen LogP contribution in [0.1, 0.15) is 53.9 Å². The largest absolute Gasteiger partial charge is 0.394 e. The Morgan fingerprint density at radius 3 is 2.47 bits per heavy atom. The predicted octanol–water partition coefficient (Wildman–Crippen LogP) is 3.33. The first-order valence-electron chi connectivity index (χ1n) is 11.4. The molecule has 2 rings (SSSR count). The van der Waals surface area contributed by atoms with E-state index in [2.05, 4.69) is 45.9 Å². The number of allylic oxidation sites excluding steroid dienone is 9. The van der Waals surface area contributed by atoms with Crippen molar-refractivity contribution in [2.45, 2.75) is 84.6 Å². The van der Waals surface area contributed by atoms with Crippen LogP contribution in [-0.2, 0) is 9.47 Å². The normalized spacial score (nSPS) is 32.3. The van der Waals surface area contributed by atoms with Crippen molar-refractivity contribution in [2.75, 3.05) is 13.2 Å². The minimum Gasteiger partial charge on any atom is -0.394 e. The van der Waals surface area contributed by atoms with E-state index in [9.17, 15) is 20.4 Å². The number of hydrogen-bond acceptors (Lipinski definition) is 6. The number of ether oxygens (including phenoxy) is 2. The molecule has 0 saturated carbocycles. The van der Waals surface area contributed by atoms with Crippen LogP contribution in [0, 0.1) is 5.41 Å². The lowest BCUT2D eigenvalue weighted by Gasteiger charge is -2.39. The molecule has 1 aliphatic carbocycles. The van der Waals surface area contributed by atoms with Gasteiger partial charge in [0, 0.05) is 0 Å². The molecule has 5 atom stereocenters. The van der Waals surface area contributed by atoms with Gasteiger partial charge < -0.3 is 29.9 Å². The fraction of sp³-hybridized carbons (Fsp3) is 0.615. The van der Waals surface area contributed by atoms with Crippen LogP contribution in [-0.4, -0.2) is 64.3 Å². The number of aliphatic hydroxyl groups is 4. The molecule has 0 aromatic carbocycles. The Bertz CT molecular complexity index is 771. The van der Waals surface area contributed by atoms with Gasteiger partial charge in [-0.2, -0.15) is 0 Å². The Balaban J connectivity index is 1.88. The van der Waals surface area contributed by atoms with Crippen molar-refractivity contribution >= 4 is 0 Å². The van der Waals surface area contributed by atoms with Gasteiger partial charge in [-0.25, -0.2) is 0 Å². The summed E-state index contributed by atoms with van der Waals surface area (Å²) in [4.78, 5) is 0. The molecule has 0 amide bonds. The average Bonchev–Trinajstić information content (AvgIpc) is 2.73. The number of rotatable bonds is 8. The second-order valence-corrected chi connectivity index (χ2v) is 9.51. The van der Waals surface area contributed by atoms with Gasteiger partial charge in [-0.15, -0.1) is 0 Å². The van der Waals surface area contributed by atoms with Gasteiger partial charge in [-0.3, -0.25) is 0 Å². The highest BCUT2D eigenvalue weighted by molar-refractivity contribution is 5.37. The molecule has 6 heteroatoms. The summed E-state index contributed by atoms with van der Waals surface area (Å²) in [6.07, 6.45) is 9.62. The zero-order valence-electron chi connectivity index (χ0n) is 20.0. The number of hydrogen-bond donors (Lipinski definition) is 4. The van der Waals surface area contributed by atoms with Crippen LogP contribution in [0.2, 0.25) is 0 Å². The zero-order valence-corrected chi connectivity index (χ0v) is 20.0. The van der Waals surface area contributed by atoms with Gasteiger partial charge in [0.15, 0.2) is 6.29 Å². The van der Waals surface area contributed by atoms with Crippen molar-refractivity contribution in [1.82, 2.24) is 0 Å². The topological polar surface area (TPSA) is 99.4 Å². The average molecular weight is 449 g/mol. The summed E-state index contributed by atoms with van der Waals surface area (Å²) in [6, 6.07) is 0. The molecule has 0 bridgehead atoms. The Hall–Kier alpha value is -1.54. The first-order chi connectivity index (χ1) is 15.1. The highest BCUT2D eigenvalue weighted by Crippen LogP contribution is 2.40. The van der Waals surface area contributed by atoms with Gasteiger partial charge >= 0.3 is 0 Å². The smallest absolute Gasteiger partial charge is 0.187 e. The van der Waals surface area contributed by atoms with Gasteiger partial charge in [0.2, 0.25) is 0 Å². The maximum absolute atomic E-state index is 9.99. The van der Waals surface area contributed by atoms with Gasteiger partial charge in [0.1, 0.15) is 24.4 Å². The van der Waals surface area contributed by atoms with E-state index >= 15 is 0 Å². The van der Waals surface area contributed by atoms with Gasteiger partial charge in [-0.1, -0.05) is 67.0 Å². The molecular weight excluding hydrogens is 408 g/mol. The molecule has 1 saturated heterocycles. The molecule has 180 valence electrons. The third-order valence-corrected chi connectivity index (χ3v) is 6.29. The van der Waals surface area contributed by atoms with E-state index in [0.29, 0.717) is 0 Å². The molecule has 0 aromatic heterocycles. The molecule has 0 radical (unpaired) electrons. The SMILES string of the molecule is CC(C=CC1=C(C)CCCC1(C)C)=CC=C/C(C)=C/CO[C@@H]1O[C@H](CO)[C@@H](O)[C@H](O)[C@H]1O. The fourth-order valence-electron chi connectivity index (χ4n) is 4.18. The first-order valence-corrected chi connectivity index (χ1v) is 11.4. The number of aliphatic hydroxyl groups excluding tert-OH is 4. The van der Waals surface area contributed by atoms with Crippen LogP contribution >= 0.6 is 0 Å². The second-order valence-electron chi connectivity index (χ2n) is 9.51. The van der Waals surface area contributed by atoms with Gasteiger partial charge in [0.05, 0.1) is 13.2 Å². The molecule has 1 fully saturated rings. The summed E-state index contributed by atoms with van der Waals surface area (Å²) in [7, 11) is 0. The summed E-state index contributed by atoms with van der Waals surface area (Å²) >= 11 is 0. The molecule has 6 nitrogen and oxygen atoms in total. The highest BCUT2D eigenvalue weighted by Gasteiger charge is 2.43. The van der Waals surface area contributed by atoms with Crippen LogP contribution in [0.3, 0.4) is 0 Å². The third kappa shape index (κ3) is 7.24. The zero-order chi connectivity index (χ0) is 23.9. The fourth-order valence-corrected chi connectivity index (χ4v) is 4.18. The maximum Gasteiger partial charge on any atom is 0.187 e. The summed E-state index contributed by atoms with van der Waals surface area (Å²) < 4.78 is 10.8. The maximum atomic E-state index is 9.99. The van der Waals surface area contributed by atoms with E-state index in [1.54, 1.807) is 0 Å². The Kier molecular flexibility index (Phi) is 10.1. The van der Waals surface area contributed by atoms with Crippen LogP contribution in [0.4, 0.5) is 0 Å². The van der Waals surface area contributed by atoms with Crippen molar-refractivity contribution in [2.24, 2.45) is 5.41 Å². The van der Waals surface area contributed by atoms with E-state index in [1.807, 2.05) is 25.2 Å². The Morgan fingerprint density at radius 1 is 1.09 bits per heavy atom. The van der Waals surface area contributed by atoms with E-state index in [0.717, 1.165) is 11.1 Å². The van der Waals surface area contributed by atoms with Crippen molar-refractivity contribution in [3.63, 3.8) is 0 Å². The van der Waals surface area contributed by atoms with Crippen LogP contribution < -0.4 is 0 Å². The van der Waals surface area contributed by atoms with Crippen molar-refractivity contribution in [1.29, 1.82) is 0 Å². The van der Waals surface area contributed by atoms with Crippen LogP contribution in [0.5, 0.6) is 0 Å². The lowest BCUT2D eigenvalue weighted by molar-refractivity contribution is -0.298. The molecule has 2 aliphatic rings. The Morgan fingerprint density at radius 2 is 1.81 bits per heavy atom. The van der Waals surface area contributed by atoms with Crippen molar-refractivity contribution in [3.05, 3.63) is 58.7 Å². The summed E-state index contributed by atoms with van der Waals surface area (Å²) in [5, 5.41) is 38.8. The third-order valence-electron chi connectivity index (χ3n) is 6.29. The molecule has 32 heavy (non-hydrogen) atoms. The van der Waals surface area contributed by atoms with E-state index in [4.69, 9.17) is 9.47 Å². The molecule has 1 aliphatic heterocycles. The van der Waals surface area contributed by atoms with Gasteiger partial charge in [0.25, 0.3) is 0 Å². The van der Waals surface area contributed by atoms with E-state index in [-0.39, 0.29) is 12.0 Å². The molecular formula is C26H40O6. The predicted molar refractivity (Wildman–Crippen MR) is 126 cm³/mol. The van der Waals surface area contributed by atoms with Gasteiger partial charge in [-0.05, 0) is 51.0 Å². The lowest BCUT2D eigenvalue weighted by Crippen LogP contribution is -2.59. The molecule has 0 aromatic rings. The molecule has 4 N–H and O–H groups in total. The second kappa shape index (κ2) is 12.1. The van der Waals surface area contributed by atoms with E-state index in [1.165, 1.54) is 30.4 Å². The van der Waals surface area contributed by atoms with Crippen molar-refractivity contribution < 1.29 is 29.9 Å². The van der Waals surface area contributed by atoms with Crippen LogP contribution in [0.15, 0.2) is 58.7 Å². The first kappa shape index (κ1) is 26.7. The monoisotopic (exact) mass is 448 g/mol.